The minimum absolute atomic E-state index is 0.181. The van der Waals surface area contributed by atoms with Gasteiger partial charge in [-0.2, -0.15) is 13.2 Å². The van der Waals surface area contributed by atoms with Crippen molar-refractivity contribution in [1.82, 2.24) is 0 Å². The molecule has 1 aromatic carbocycles. The van der Waals surface area contributed by atoms with Crippen molar-refractivity contribution in [3.05, 3.63) is 42.3 Å². The molecule has 0 atom stereocenters. The van der Waals surface area contributed by atoms with Gasteiger partial charge in [-0.05, 0) is 18.2 Å². The monoisotopic (exact) mass is 159 g/mol. The number of rotatable bonds is 1. The second kappa shape index (κ2) is 2.86. The Hall–Kier alpha value is -1.12. The number of hydrogen-bond acceptors (Lipinski definition) is 0. The van der Waals surface area contributed by atoms with Gasteiger partial charge in [0.15, 0.2) is 0 Å². The van der Waals surface area contributed by atoms with E-state index in [9.17, 15) is 13.2 Å². The fourth-order valence-corrected chi connectivity index (χ4v) is 0.738. The minimum atomic E-state index is -4.22. The molecule has 0 aliphatic heterocycles. The average molecular weight is 159 g/mol. The van der Waals surface area contributed by atoms with Gasteiger partial charge in [0.2, 0.25) is 0 Å². The van der Waals surface area contributed by atoms with Crippen molar-refractivity contribution in [2.24, 2.45) is 0 Å². The van der Waals surface area contributed by atoms with Crippen molar-refractivity contribution in [2.45, 2.75) is 6.18 Å². The van der Waals surface area contributed by atoms with E-state index in [1.807, 2.05) is 0 Å². The van der Waals surface area contributed by atoms with Crippen LogP contribution < -0.4 is 0 Å². The van der Waals surface area contributed by atoms with Crippen LogP contribution in [0, 0.1) is 6.42 Å². The van der Waals surface area contributed by atoms with Crippen LogP contribution in [0.5, 0.6) is 0 Å². The van der Waals surface area contributed by atoms with E-state index < -0.39 is 6.18 Å². The number of benzene rings is 1. The van der Waals surface area contributed by atoms with Crippen LogP contribution in [0.1, 0.15) is 5.56 Å². The summed E-state index contributed by atoms with van der Waals surface area (Å²) in [4.78, 5) is 0. The van der Waals surface area contributed by atoms with Crippen LogP contribution in [0.4, 0.5) is 13.2 Å². The van der Waals surface area contributed by atoms with Crippen molar-refractivity contribution in [2.75, 3.05) is 0 Å². The van der Waals surface area contributed by atoms with Gasteiger partial charge in [0.1, 0.15) is 12.0 Å². The maximum absolute atomic E-state index is 11.7. The van der Waals surface area contributed by atoms with Gasteiger partial charge < -0.3 is 0 Å². The van der Waals surface area contributed by atoms with E-state index in [4.69, 9.17) is 0 Å². The summed E-state index contributed by atoms with van der Waals surface area (Å²) in [6.07, 6.45) is -3.95. The number of hydrogen-bond donors (Lipinski definition) is 0. The van der Waals surface area contributed by atoms with Crippen LogP contribution in [0.3, 0.4) is 0 Å². The third-order valence-corrected chi connectivity index (χ3v) is 1.13. The summed E-state index contributed by atoms with van der Waals surface area (Å²) in [7, 11) is 0. The topological polar surface area (TPSA) is 0 Å². The van der Waals surface area contributed by atoms with E-state index in [0.717, 1.165) is 0 Å². The zero-order chi connectivity index (χ0) is 8.32. The largest absolute Gasteiger partial charge is 0.460 e. The van der Waals surface area contributed by atoms with Crippen molar-refractivity contribution in [3.63, 3.8) is 0 Å². The normalized spacial score (nSPS) is 11.2. The third kappa shape index (κ3) is 2.98. The highest BCUT2D eigenvalue weighted by atomic mass is 19.4. The second-order valence-electron chi connectivity index (χ2n) is 2.10. The van der Waals surface area contributed by atoms with Gasteiger partial charge in [-0.1, -0.05) is 0 Å². The molecule has 0 radical (unpaired) electrons. The van der Waals surface area contributed by atoms with Crippen LogP contribution in [0.25, 0.3) is 0 Å². The van der Waals surface area contributed by atoms with Gasteiger partial charge in [0.25, 0.3) is 0 Å². The highest BCUT2D eigenvalue weighted by molar-refractivity contribution is 5.23. The molecule has 0 aromatic heterocycles. The quantitative estimate of drug-likeness (QED) is 0.552. The van der Waals surface area contributed by atoms with Gasteiger partial charge in [0.05, 0.1) is 0 Å². The lowest BCUT2D eigenvalue weighted by atomic mass is 10.1. The molecule has 1 aromatic rings. The van der Waals surface area contributed by atoms with E-state index in [-0.39, 0.29) is 12.0 Å². The molecule has 0 saturated heterocycles. The fraction of sp³-hybridized carbons (Fsp3) is 0.125. The Labute approximate surface area is 62.7 Å². The number of halogens is 3. The van der Waals surface area contributed by atoms with E-state index in [2.05, 4.69) is 0 Å². The zero-order valence-corrected chi connectivity index (χ0v) is 5.60. The summed E-state index contributed by atoms with van der Waals surface area (Å²) in [6, 6.07) is 7.63. The fourth-order valence-electron chi connectivity index (χ4n) is 0.738. The van der Waals surface area contributed by atoms with Gasteiger partial charge in [0, 0.05) is 12.1 Å². The highest BCUT2D eigenvalue weighted by Gasteiger charge is 2.33. The molecule has 0 unspecified atom stereocenters. The Balaban J connectivity index is 2.66. The Bertz CT molecular complexity index is 213. The van der Waals surface area contributed by atoms with Gasteiger partial charge in [-0.3, -0.25) is 0 Å². The zero-order valence-electron chi connectivity index (χ0n) is 5.60. The van der Waals surface area contributed by atoms with Crippen molar-refractivity contribution < 1.29 is 13.2 Å². The lowest BCUT2D eigenvalue weighted by Crippen LogP contribution is -2.08. The Morgan fingerprint density at radius 2 is 1.55 bits per heavy atom. The minimum Gasteiger partial charge on any atom is -0.154 e. The summed E-state index contributed by atoms with van der Waals surface area (Å²) in [5, 5.41) is 0. The molecule has 58 valence electrons. The Morgan fingerprint density at radius 1 is 1.00 bits per heavy atom. The molecule has 0 spiro atoms. The van der Waals surface area contributed by atoms with Gasteiger partial charge >= 0.3 is 6.18 Å². The van der Waals surface area contributed by atoms with Crippen LogP contribution in [-0.2, 0) is 0 Å². The van der Waals surface area contributed by atoms with E-state index >= 15 is 0 Å². The van der Waals surface area contributed by atoms with Crippen molar-refractivity contribution in [1.29, 1.82) is 0 Å². The van der Waals surface area contributed by atoms with Gasteiger partial charge in [-0.25, -0.2) is 0 Å². The third-order valence-electron chi connectivity index (χ3n) is 1.13. The van der Waals surface area contributed by atoms with Crippen LogP contribution in [0.15, 0.2) is 30.3 Å². The van der Waals surface area contributed by atoms with E-state index in [1.54, 1.807) is 18.2 Å². The molecular weight excluding hydrogens is 153 g/mol. The summed E-state index contributed by atoms with van der Waals surface area (Å²) < 4.78 is 35.1. The molecule has 0 bridgehead atoms. The summed E-state index contributed by atoms with van der Waals surface area (Å²) >= 11 is 0. The molecular formula is C8H6F3+. The molecule has 0 saturated carbocycles. The Kier molecular flexibility index (Phi) is 2.08. The Morgan fingerprint density at radius 3 is 2.00 bits per heavy atom. The molecule has 0 aliphatic carbocycles. The average Bonchev–Trinajstić information content (AvgIpc) is 1.85. The first-order valence-electron chi connectivity index (χ1n) is 3.05. The van der Waals surface area contributed by atoms with Crippen LogP contribution >= 0.6 is 0 Å². The van der Waals surface area contributed by atoms with E-state index in [0.29, 0.717) is 0 Å². The molecule has 0 nitrogen and oxygen atoms in total. The molecule has 3 heteroatoms. The molecule has 0 fully saturated rings. The second-order valence-corrected chi connectivity index (χ2v) is 2.10. The molecule has 0 aliphatic rings. The molecule has 0 amide bonds. The van der Waals surface area contributed by atoms with Gasteiger partial charge in [-0.15, -0.1) is 0 Å². The SMILES string of the molecule is FC(F)(F)[CH+]c1ccccc1. The maximum atomic E-state index is 11.7. The first kappa shape index (κ1) is 7.98. The predicted octanol–water partition coefficient (Wildman–Crippen LogP) is 2.80. The lowest BCUT2D eigenvalue weighted by Gasteiger charge is -1.97. The smallest absolute Gasteiger partial charge is 0.154 e. The maximum Gasteiger partial charge on any atom is 0.460 e. The highest BCUT2D eigenvalue weighted by Crippen LogP contribution is 2.22. The molecule has 0 N–H and O–H groups in total. The molecule has 1 rings (SSSR count). The predicted molar refractivity (Wildman–Crippen MR) is 35.9 cm³/mol. The van der Waals surface area contributed by atoms with Crippen LogP contribution in [-0.4, -0.2) is 6.18 Å². The molecule has 11 heavy (non-hydrogen) atoms. The summed E-state index contributed by atoms with van der Waals surface area (Å²) in [6.45, 7) is 0. The first-order chi connectivity index (χ1) is 5.08. The summed E-state index contributed by atoms with van der Waals surface area (Å²) in [5.74, 6) is 0. The van der Waals surface area contributed by atoms with Crippen molar-refractivity contribution in [3.8, 4) is 0 Å². The van der Waals surface area contributed by atoms with Crippen LogP contribution in [0.2, 0.25) is 0 Å². The van der Waals surface area contributed by atoms with Crippen molar-refractivity contribution >= 4 is 0 Å². The first-order valence-corrected chi connectivity index (χ1v) is 3.05. The summed E-state index contributed by atoms with van der Waals surface area (Å²) in [5.41, 5.74) is 0.181. The lowest BCUT2D eigenvalue weighted by molar-refractivity contribution is -0.0927. The number of alkyl halides is 3. The van der Waals surface area contributed by atoms with E-state index in [1.165, 1.54) is 12.1 Å². The molecule has 0 heterocycles. The standard InChI is InChI=1S/C8H6F3/c9-8(10,11)6-7-4-2-1-3-5-7/h1-6H/q+1.